The van der Waals surface area contributed by atoms with Crippen molar-refractivity contribution in [2.45, 2.75) is 39.2 Å². The summed E-state index contributed by atoms with van der Waals surface area (Å²) in [6, 6.07) is 14.8. The first-order valence-electron chi connectivity index (χ1n) is 10.7. The maximum atomic E-state index is 12.3. The number of hydrogen-bond acceptors (Lipinski definition) is 4. The van der Waals surface area contributed by atoms with E-state index in [0.29, 0.717) is 24.4 Å². The summed E-state index contributed by atoms with van der Waals surface area (Å²) < 4.78 is 7.63. The van der Waals surface area contributed by atoms with Crippen LogP contribution >= 0.6 is 0 Å². The van der Waals surface area contributed by atoms with Crippen LogP contribution in [0.15, 0.2) is 67.3 Å². The minimum Gasteiger partial charge on any atom is -0.492 e. The van der Waals surface area contributed by atoms with Crippen molar-refractivity contribution < 1.29 is 14.3 Å². The molecule has 0 atom stereocenters. The number of anilines is 1. The first-order chi connectivity index (χ1) is 15.3. The molecule has 3 rings (SSSR count). The van der Waals surface area contributed by atoms with Gasteiger partial charge in [0.1, 0.15) is 12.4 Å². The van der Waals surface area contributed by atoms with Crippen LogP contribution in [-0.4, -0.2) is 34.5 Å². The number of nitrogens with one attached hydrogen (secondary N) is 2. The van der Waals surface area contributed by atoms with Crippen LogP contribution in [0.25, 0.3) is 0 Å². The molecule has 0 saturated carbocycles. The van der Waals surface area contributed by atoms with Crippen molar-refractivity contribution in [2.24, 2.45) is 0 Å². The highest BCUT2D eigenvalue weighted by atomic mass is 16.5. The minimum absolute atomic E-state index is 0.0396. The van der Waals surface area contributed by atoms with Gasteiger partial charge in [0.05, 0.1) is 12.9 Å². The molecule has 0 aliphatic heterocycles. The molecule has 2 amide bonds. The summed E-state index contributed by atoms with van der Waals surface area (Å²) >= 11 is 0. The van der Waals surface area contributed by atoms with Crippen molar-refractivity contribution in [1.82, 2.24) is 14.9 Å². The first-order valence-corrected chi connectivity index (χ1v) is 10.7. The van der Waals surface area contributed by atoms with Crippen LogP contribution in [0.3, 0.4) is 0 Å². The highest BCUT2D eigenvalue weighted by Crippen LogP contribution is 2.22. The van der Waals surface area contributed by atoms with E-state index in [4.69, 9.17) is 4.74 Å². The Hall–Kier alpha value is -3.61. The summed E-state index contributed by atoms with van der Waals surface area (Å²) in [6.07, 6.45) is 5.54. The minimum atomic E-state index is -0.185. The number of rotatable bonds is 9. The molecule has 2 aromatic carbocycles. The molecule has 1 heterocycles. The summed E-state index contributed by atoms with van der Waals surface area (Å²) in [5.41, 5.74) is 2.48. The second-order valence-electron chi connectivity index (χ2n) is 8.55. The third-order valence-electron chi connectivity index (χ3n) is 4.97. The summed E-state index contributed by atoms with van der Waals surface area (Å²) in [6.45, 7) is 7.89. The molecule has 1 aromatic heterocycles. The van der Waals surface area contributed by atoms with Gasteiger partial charge in [-0.1, -0.05) is 32.9 Å². The highest BCUT2D eigenvalue weighted by Gasteiger charge is 2.14. The van der Waals surface area contributed by atoms with Gasteiger partial charge in [0.25, 0.3) is 5.91 Å². The van der Waals surface area contributed by atoms with Crippen molar-refractivity contribution in [3.63, 3.8) is 0 Å². The number of ether oxygens (including phenoxy) is 1. The molecule has 0 unspecified atom stereocenters. The van der Waals surface area contributed by atoms with E-state index in [0.717, 1.165) is 5.75 Å². The maximum absolute atomic E-state index is 12.3. The SMILES string of the molecule is CC(C)(C)c1ccc(C(=O)NCCC(=O)Nc2ccc(OCCn3ccnc3)cc2)cc1. The predicted octanol–water partition coefficient (Wildman–Crippen LogP) is 4.02. The second kappa shape index (κ2) is 10.6. The van der Waals surface area contributed by atoms with Gasteiger partial charge in [-0.05, 0) is 47.4 Å². The topological polar surface area (TPSA) is 85.3 Å². The van der Waals surface area contributed by atoms with Crippen LogP contribution in [0, 0.1) is 0 Å². The van der Waals surface area contributed by atoms with Crippen molar-refractivity contribution in [3.8, 4) is 5.75 Å². The summed E-state index contributed by atoms with van der Waals surface area (Å²) in [5, 5.41) is 5.62. The predicted molar refractivity (Wildman–Crippen MR) is 125 cm³/mol. The average molecular weight is 435 g/mol. The van der Waals surface area contributed by atoms with Gasteiger partial charge >= 0.3 is 0 Å². The first kappa shape index (κ1) is 23.1. The standard InChI is InChI=1S/C25H30N4O3/c1-25(2,3)20-6-4-19(5-7-20)24(31)27-13-12-23(30)28-21-8-10-22(11-9-21)32-17-16-29-15-14-26-18-29/h4-11,14-15,18H,12-13,16-17H2,1-3H3,(H,27,31)(H,28,30). The normalized spacial score (nSPS) is 11.1. The summed E-state index contributed by atoms with van der Waals surface area (Å²) in [5.74, 6) is 0.380. The molecule has 0 aliphatic carbocycles. The van der Waals surface area contributed by atoms with E-state index < -0.39 is 0 Å². The number of benzene rings is 2. The van der Waals surface area contributed by atoms with Crippen LogP contribution in [0.5, 0.6) is 5.75 Å². The van der Waals surface area contributed by atoms with Gasteiger partial charge in [0.2, 0.25) is 5.91 Å². The summed E-state index contributed by atoms with van der Waals surface area (Å²) in [7, 11) is 0. The van der Waals surface area contributed by atoms with E-state index in [1.54, 1.807) is 24.7 Å². The molecular formula is C25H30N4O3. The fourth-order valence-corrected chi connectivity index (χ4v) is 3.06. The van der Waals surface area contributed by atoms with E-state index in [9.17, 15) is 9.59 Å². The maximum Gasteiger partial charge on any atom is 0.251 e. The van der Waals surface area contributed by atoms with E-state index >= 15 is 0 Å². The zero-order valence-corrected chi connectivity index (χ0v) is 18.8. The molecule has 0 saturated heterocycles. The van der Waals surface area contributed by atoms with Gasteiger partial charge in [-0.3, -0.25) is 9.59 Å². The second-order valence-corrected chi connectivity index (χ2v) is 8.55. The molecule has 0 bridgehead atoms. The Bertz CT molecular complexity index is 1000. The molecule has 2 N–H and O–H groups in total. The van der Waals surface area contributed by atoms with Crippen molar-refractivity contribution >= 4 is 17.5 Å². The number of carbonyl (C=O) groups excluding carboxylic acids is 2. The van der Waals surface area contributed by atoms with Crippen LogP contribution in [0.4, 0.5) is 5.69 Å². The molecular weight excluding hydrogens is 404 g/mol. The molecule has 3 aromatic rings. The Labute approximate surface area is 188 Å². The largest absolute Gasteiger partial charge is 0.492 e. The van der Waals surface area contributed by atoms with Crippen molar-refractivity contribution in [1.29, 1.82) is 0 Å². The van der Waals surface area contributed by atoms with E-state index in [-0.39, 0.29) is 30.2 Å². The molecule has 7 heteroatoms. The summed E-state index contributed by atoms with van der Waals surface area (Å²) in [4.78, 5) is 28.4. The number of carbonyl (C=O) groups is 2. The third kappa shape index (κ3) is 6.97. The van der Waals surface area contributed by atoms with Gasteiger partial charge in [0, 0.05) is 36.6 Å². The monoisotopic (exact) mass is 434 g/mol. The highest BCUT2D eigenvalue weighted by molar-refractivity contribution is 5.95. The Morgan fingerprint density at radius 1 is 1.03 bits per heavy atom. The van der Waals surface area contributed by atoms with Crippen LogP contribution in [0.2, 0.25) is 0 Å². The Morgan fingerprint density at radius 2 is 1.75 bits per heavy atom. The number of nitrogens with zero attached hydrogens (tertiary/aromatic N) is 2. The smallest absolute Gasteiger partial charge is 0.251 e. The number of amides is 2. The van der Waals surface area contributed by atoms with Gasteiger partial charge in [-0.25, -0.2) is 4.98 Å². The quantitative estimate of drug-likeness (QED) is 0.533. The molecule has 0 spiro atoms. The molecule has 32 heavy (non-hydrogen) atoms. The molecule has 7 nitrogen and oxygen atoms in total. The fourth-order valence-electron chi connectivity index (χ4n) is 3.06. The average Bonchev–Trinajstić information content (AvgIpc) is 3.28. The lowest BCUT2D eigenvalue weighted by Gasteiger charge is -2.19. The van der Waals surface area contributed by atoms with E-state index in [1.165, 1.54) is 5.56 Å². The van der Waals surface area contributed by atoms with Gasteiger partial charge in [0.15, 0.2) is 0 Å². The van der Waals surface area contributed by atoms with Crippen LogP contribution < -0.4 is 15.4 Å². The molecule has 0 fully saturated rings. The Kier molecular flexibility index (Phi) is 7.65. The lowest BCUT2D eigenvalue weighted by molar-refractivity contribution is -0.116. The molecule has 0 aliphatic rings. The van der Waals surface area contributed by atoms with Crippen LogP contribution in [0.1, 0.15) is 43.1 Å². The molecule has 168 valence electrons. The van der Waals surface area contributed by atoms with E-state index in [1.807, 2.05) is 47.2 Å². The number of imidazole rings is 1. The van der Waals surface area contributed by atoms with E-state index in [2.05, 4.69) is 36.4 Å². The Balaban J connectivity index is 1.37. The third-order valence-corrected chi connectivity index (χ3v) is 4.97. The van der Waals surface area contributed by atoms with Crippen molar-refractivity contribution in [2.75, 3.05) is 18.5 Å². The zero-order chi connectivity index (χ0) is 23.0. The molecule has 0 radical (unpaired) electrons. The Morgan fingerprint density at radius 3 is 2.38 bits per heavy atom. The van der Waals surface area contributed by atoms with Gasteiger partial charge in [-0.2, -0.15) is 0 Å². The van der Waals surface area contributed by atoms with Crippen molar-refractivity contribution in [3.05, 3.63) is 78.4 Å². The van der Waals surface area contributed by atoms with Gasteiger partial charge < -0.3 is 19.9 Å². The zero-order valence-electron chi connectivity index (χ0n) is 18.8. The number of hydrogen-bond donors (Lipinski definition) is 2. The lowest BCUT2D eigenvalue weighted by atomic mass is 9.87. The number of aromatic nitrogens is 2. The fraction of sp³-hybridized carbons (Fsp3) is 0.320. The lowest BCUT2D eigenvalue weighted by Crippen LogP contribution is -2.27. The van der Waals surface area contributed by atoms with Gasteiger partial charge in [-0.15, -0.1) is 0 Å². The van der Waals surface area contributed by atoms with Crippen LogP contribution in [-0.2, 0) is 16.8 Å².